The number of nitrogens with zero attached hydrogens (tertiary/aromatic N) is 4. The minimum absolute atomic E-state index is 0.0533. The molecule has 7 nitrogen and oxygen atoms in total. The molecule has 1 aliphatic heterocycles. The number of anilines is 1. The number of hydrogen-bond acceptors (Lipinski definition) is 5. The van der Waals surface area contributed by atoms with Crippen LogP contribution in [0.5, 0.6) is 0 Å². The molecule has 1 aromatic carbocycles. The molecule has 3 heterocycles. The predicted octanol–water partition coefficient (Wildman–Crippen LogP) is 4.68. The normalized spacial score (nSPS) is 20.6. The average Bonchev–Trinajstić information content (AvgIpc) is 3.43. The second kappa shape index (κ2) is 10.1. The zero-order valence-electron chi connectivity index (χ0n) is 20.6. The number of benzene rings is 1. The Morgan fingerprint density at radius 2 is 1.88 bits per heavy atom. The molecule has 1 fully saturated rings. The van der Waals surface area contributed by atoms with E-state index >= 15 is 0 Å². The van der Waals surface area contributed by atoms with E-state index in [1.807, 2.05) is 6.07 Å². The fourth-order valence-electron chi connectivity index (χ4n) is 4.90. The number of likely N-dealkylation sites (N-methyl/N-ethyl adjacent to an activating group) is 1. The first-order chi connectivity index (χ1) is 15.8. The van der Waals surface area contributed by atoms with E-state index in [0.29, 0.717) is 36.2 Å². The molecule has 1 unspecified atom stereocenters. The maximum atomic E-state index is 13.2. The summed E-state index contributed by atoms with van der Waals surface area (Å²) in [4.78, 5) is 25.7. The van der Waals surface area contributed by atoms with Crippen LogP contribution in [0, 0.1) is 11.8 Å². The standard InChI is InChI=1S/C26H38N6O/c1-17(2)10-11-20(12-21-14-27-23-9-7-6-8-22(21)23)13-24(33)25-28-26(30-29-25)32-15-18(3)31(5)19(4)16-32/h6-9,14,17-20,27H,10-13,15-16H2,1-5H3,(H,28,29,30)/t18-,19-,20?/m1/s1. The zero-order chi connectivity index (χ0) is 23.5. The summed E-state index contributed by atoms with van der Waals surface area (Å²) >= 11 is 0. The van der Waals surface area contributed by atoms with E-state index in [1.165, 1.54) is 10.9 Å². The molecule has 1 aliphatic rings. The van der Waals surface area contributed by atoms with Gasteiger partial charge >= 0.3 is 0 Å². The second-order valence-corrected chi connectivity index (χ2v) is 10.3. The number of nitrogens with one attached hydrogen (secondary N) is 2. The molecule has 7 heteroatoms. The van der Waals surface area contributed by atoms with Gasteiger partial charge in [-0.15, -0.1) is 5.10 Å². The Hall–Kier alpha value is -2.67. The minimum atomic E-state index is 0.0533. The van der Waals surface area contributed by atoms with E-state index in [9.17, 15) is 4.79 Å². The number of Topliss-reactive ketones (excluding diaryl/α,β-unsaturated/α-hetero) is 1. The summed E-state index contributed by atoms with van der Waals surface area (Å²) in [5.41, 5.74) is 2.43. The van der Waals surface area contributed by atoms with Crippen molar-refractivity contribution in [2.45, 2.75) is 65.5 Å². The lowest BCUT2D eigenvalue weighted by atomic mass is 9.88. The lowest BCUT2D eigenvalue weighted by molar-refractivity contribution is 0.0947. The SMILES string of the molecule is CC(C)CCC(CC(=O)c1nc(N2C[C@@H](C)N(C)[C@H](C)C2)n[nH]1)Cc1c[nH]c2ccccc12. The number of ketones is 1. The van der Waals surface area contributed by atoms with E-state index in [0.717, 1.165) is 37.9 Å². The molecular weight excluding hydrogens is 412 g/mol. The highest BCUT2D eigenvalue weighted by Crippen LogP contribution is 2.27. The largest absolute Gasteiger partial charge is 0.361 e. The van der Waals surface area contributed by atoms with Gasteiger partial charge in [-0.25, -0.2) is 0 Å². The van der Waals surface area contributed by atoms with Gasteiger partial charge in [0.15, 0.2) is 11.6 Å². The van der Waals surface area contributed by atoms with Gasteiger partial charge < -0.3 is 9.88 Å². The van der Waals surface area contributed by atoms with Crippen molar-refractivity contribution in [3.05, 3.63) is 41.9 Å². The molecule has 0 amide bonds. The highest BCUT2D eigenvalue weighted by Gasteiger charge is 2.29. The maximum absolute atomic E-state index is 13.2. The van der Waals surface area contributed by atoms with Crippen LogP contribution < -0.4 is 4.90 Å². The minimum Gasteiger partial charge on any atom is -0.361 e. The molecule has 0 radical (unpaired) electrons. The van der Waals surface area contributed by atoms with E-state index in [4.69, 9.17) is 0 Å². The third-order valence-electron chi connectivity index (χ3n) is 7.19. The number of rotatable bonds is 9. The number of H-pyrrole nitrogens is 2. The van der Waals surface area contributed by atoms with Crippen molar-refractivity contribution < 1.29 is 4.79 Å². The lowest BCUT2D eigenvalue weighted by Crippen LogP contribution is -2.55. The number of fused-ring (bicyclic) bond motifs is 1. The summed E-state index contributed by atoms with van der Waals surface area (Å²) in [6, 6.07) is 9.22. The maximum Gasteiger partial charge on any atom is 0.245 e. The number of para-hydroxylation sites is 1. The highest BCUT2D eigenvalue weighted by molar-refractivity contribution is 5.93. The van der Waals surface area contributed by atoms with E-state index < -0.39 is 0 Å². The third kappa shape index (κ3) is 5.46. The van der Waals surface area contributed by atoms with Crippen LogP contribution in [0.15, 0.2) is 30.5 Å². The van der Waals surface area contributed by atoms with E-state index in [2.05, 4.69) is 89.1 Å². The Balaban J connectivity index is 1.45. The van der Waals surface area contributed by atoms with Gasteiger partial charge in [0.05, 0.1) is 0 Å². The Morgan fingerprint density at radius 3 is 2.61 bits per heavy atom. The topological polar surface area (TPSA) is 80.9 Å². The van der Waals surface area contributed by atoms with Gasteiger partial charge in [0.25, 0.3) is 0 Å². The average molecular weight is 451 g/mol. The van der Waals surface area contributed by atoms with Crippen molar-refractivity contribution in [2.75, 3.05) is 25.0 Å². The van der Waals surface area contributed by atoms with E-state index in [-0.39, 0.29) is 11.7 Å². The van der Waals surface area contributed by atoms with Gasteiger partial charge in [-0.2, -0.15) is 4.98 Å². The fourth-order valence-corrected chi connectivity index (χ4v) is 4.90. The van der Waals surface area contributed by atoms with Gasteiger partial charge in [0.1, 0.15) is 0 Å². The molecule has 0 aliphatic carbocycles. The van der Waals surface area contributed by atoms with E-state index in [1.54, 1.807) is 0 Å². The van der Waals surface area contributed by atoms with Crippen molar-refractivity contribution in [2.24, 2.45) is 11.8 Å². The number of aromatic amines is 2. The molecule has 2 N–H and O–H groups in total. The van der Waals surface area contributed by atoms with Crippen LogP contribution in [0.3, 0.4) is 0 Å². The molecule has 178 valence electrons. The number of hydrogen-bond donors (Lipinski definition) is 2. The van der Waals surface area contributed by atoms with Crippen LogP contribution in [0.2, 0.25) is 0 Å². The fraction of sp³-hybridized carbons (Fsp3) is 0.577. The van der Waals surface area contributed by atoms with Gasteiger partial charge in [-0.3, -0.25) is 14.8 Å². The summed E-state index contributed by atoms with van der Waals surface area (Å²) < 4.78 is 0. The molecule has 33 heavy (non-hydrogen) atoms. The third-order valence-corrected chi connectivity index (χ3v) is 7.19. The molecule has 3 atom stereocenters. The zero-order valence-corrected chi connectivity index (χ0v) is 20.6. The predicted molar refractivity (Wildman–Crippen MR) is 134 cm³/mol. The Morgan fingerprint density at radius 1 is 1.15 bits per heavy atom. The van der Waals surface area contributed by atoms with Crippen LogP contribution in [0.1, 0.15) is 63.1 Å². The molecule has 0 bridgehead atoms. The monoisotopic (exact) mass is 450 g/mol. The summed E-state index contributed by atoms with van der Waals surface area (Å²) in [5, 5.41) is 8.58. The summed E-state index contributed by atoms with van der Waals surface area (Å²) in [7, 11) is 2.16. The number of aromatic nitrogens is 4. The van der Waals surface area contributed by atoms with Crippen molar-refractivity contribution in [1.29, 1.82) is 0 Å². The molecule has 4 rings (SSSR count). The molecule has 1 saturated heterocycles. The summed E-state index contributed by atoms with van der Waals surface area (Å²) in [5.74, 6) is 1.97. The van der Waals surface area contributed by atoms with Gasteiger partial charge in [0, 0.05) is 48.7 Å². The van der Waals surface area contributed by atoms with Gasteiger partial charge in [0.2, 0.25) is 5.95 Å². The lowest BCUT2D eigenvalue weighted by Gasteiger charge is -2.41. The first-order valence-corrected chi connectivity index (χ1v) is 12.3. The smallest absolute Gasteiger partial charge is 0.245 e. The molecule has 0 saturated carbocycles. The molecule has 2 aromatic heterocycles. The van der Waals surface area contributed by atoms with Gasteiger partial charge in [-0.05, 0) is 57.2 Å². The molecular formula is C26H38N6O. The van der Waals surface area contributed by atoms with Crippen molar-refractivity contribution >= 4 is 22.6 Å². The summed E-state index contributed by atoms with van der Waals surface area (Å²) in [6.07, 6.45) is 5.60. The second-order valence-electron chi connectivity index (χ2n) is 10.3. The number of piperazine rings is 1. The quantitative estimate of drug-likeness (QED) is 0.463. The Bertz CT molecular complexity index is 1060. The van der Waals surface area contributed by atoms with Gasteiger partial charge in [-0.1, -0.05) is 38.5 Å². The van der Waals surface area contributed by atoms with Crippen LogP contribution in [0.25, 0.3) is 10.9 Å². The van der Waals surface area contributed by atoms with Crippen LogP contribution in [-0.2, 0) is 6.42 Å². The first-order valence-electron chi connectivity index (χ1n) is 12.3. The Labute approximate surface area is 197 Å². The summed E-state index contributed by atoms with van der Waals surface area (Å²) in [6.45, 7) is 10.6. The van der Waals surface area contributed by atoms with Crippen molar-refractivity contribution in [3.63, 3.8) is 0 Å². The molecule has 3 aromatic rings. The number of carbonyl (C=O) groups excluding carboxylic acids is 1. The highest BCUT2D eigenvalue weighted by atomic mass is 16.1. The first kappa shape index (κ1) is 23.5. The van der Waals surface area contributed by atoms with Crippen LogP contribution in [-0.4, -0.2) is 63.1 Å². The van der Waals surface area contributed by atoms with Crippen LogP contribution in [0.4, 0.5) is 5.95 Å². The van der Waals surface area contributed by atoms with Crippen molar-refractivity contribution in [3.8, 4) is 0 Å². The van der Waals surface area contributed by atoms with Crippen LogP contribution >= 0.6 is 0 Å². The number of carbonyl (C=O) groups is 1. The Kier molecular flexibility index (Phi) is 7.17. The molecule has 0 spiro atoms. The van der Waals surface area contributed by atoms with Crippen molar-refractivity contribution in [1.82, 2.24) is 25.1 Å².